The number of allylic oxidation sites excluding steroid dienone is 2. The van der Waals surface area contributed by atoms with Crippen LogP contribution in [0, 0.1) is 5.92 Å². The number of rotatable bonds is 4. The average Bonchev–Trinajstić information content (AvgIpc) is 2.67. The summed E-state index contributed by atoms with van der Waals surface area (Å²) in [5.74, 6) is -0.533. The molecule has 0 spiro atoms. The summed E-state index contributed by atoms with van der Waals surface area (Å²) in [5, 5.41) is 2.88. The van der Waals surface area contributed by atoms with Gasteiger partial charge in [0.05, 0.1) is 0 Å². The van der Waals surface area contributed by atoms with Crippen molar-refractivity contribution in [2.45, 2.75) is 19.8 Å². The minimum atomic E-state index is -0.469. The Hall–Kier alpha value is -2.58. The van der Waals surface area contributed by atoms with Crippen LogP contribution in [0.5, 0.6) is 0 Å². The van der Waals surface area contributed by atoms with Crippen molar-refractivity contribution in [2.75, 3.05) is 14.1 Å². The van der Waals surface area contributed by atoms with E-state index in [-0.39, 0.29) is 9.27 Å². The molecular weight excluding hydrogens is 392 g/mol. The van der Waals surface area contributed by atoms with Crippen LogP contribution >= 0.6 is 24.4 Å². The average molecular weight is 421 g/mol. The molecule has 6 nitrogen and oxygen atoms in total. The van der Waals surface area contributed by atoms with E-state index in [1.165, 1.54) is 10.0 Å². The molecule has 1 aliphatic carbocycles. The number of hydrogen-bond donors (Lipinski definition) is 2. The van der Waals surface area contributed by atoms with E-state index in [1.807, 2.05) is 36.4 Å². The minimum Gasteiger partial charge on any atom is -0.277 e. The minimum absolute atomic E-state index is 0. The second-order valence-electron chi connectivity index (χ2n) is 6.58. The second kappa shape index (κ2) is 10.1. The number of nitrogens with one attached hydrogen (secondary N) is 2. The topological polar surface area (TPSA) is 64.7 Å². The molecular formula is C20H28N4O2S2. The van der Waals surface area contributed by atoms with E-state index in [0.29, 0.717) is 15.9 Å². The van der Waals surface area contributed by atoms with E-state index in [4.69, 9.17) is 24.4 Å². The number of benzene rings is 1. The van der Waals surface area contributed by atoms with Gasteiger partial charge in [0, 0.05) is 28.1 Å². The SMILES string of the molecule is CC1C=C(C(=S)N(C)NC(=O)CC(=O)NN(C)C(=S)c2ccccc2)C=CC1.[HH].[HH]. The van der Waals surface area contributed by atoms with Crippen molar-refractivity contribution in [3.63, 3.8) is 0 Å². The van der Waals surface area contributed by atoms with Crippen LogP contribution in [0.4, 0.5) is 0 Å². The zero-order chi connectivity index (χ0) is 20.7. The highest BCUT2D eigenvalue weighted by Gasteiger charge is 2.17. The Morgan fingerprint density at radius 2 is 1.64 bits per heavy atom. The highest BCUT2D eigenvalue weighted by molar-refractivity contribution is 7.81. The molecule has 2 amide bonds. The molecule has 0 heterocycles. The van der Waals surface area contributed by atoms with Crippen LogP contribution in [-0.2, 0) is 9.59 Å². The third kappa shape index (κ3) is 6.24. The van der Waals surface area contributed by atoms with E-state index < -0.39 is 11.8 Å². The quantitative estimate of drug-likeness (QED) is 0.444. The third-order valence-corrected chi connectivity index (χ3v) is 5.07. The summed E-state index contributed by atoms with van der Waals surface area (Å²) < 4.78 is 0. The number of carbonyl (C=O) groups is 2. The van der Waals surface area contributed by atoms with Crippen molar-refractivity contribution in [1.29, 1.82) is 0 Å². The Kier molecular flexibility index (Phi) is 7.83. The number of nitrogens with zero attached hydrogens (tertiary/aromatic N) is 2. The number of hydrogen-bond acceptors (Lipinski definition) is 4. The fourth-order valence-corrected chi connectivity index (χ4v) is 3.01. The van der Waals surface area contributed by atoms with Crippen LogP contribution < -0.4 is 10.9 Å². The maximum absolute atomic E-state index is 12.2. The highest BCUT2D eigenvalue weighted by Crippen LogP contribution is 2.17. The Morgan fingerprint density at radius 3 is 2.21 bits per heavy atom. The summed E-state index contributed by atoms with van der Waals surface area (Å²) in [5.41, 5.74) is 6.91. The summed E-state index contributed by atoms with van der Waals surface area (Å²) in [7, 11) is 3.29. The van der Waals surface area contributed by atoms with Gasteiger partial charge < -0.3 is 0 Å². The van der Waals surface area contributed by atoms with Crippen molar-refractivity contribution >= 4 is 46.2 Å². The molecule has 1 atom stereocenters. The first-order chi connectivity index (χ1) is 13.3. The van der Waals surface area contributed by atoms with Crippen LogP contribution in [0.1, 0.15) is 28.2 Å². The van der Waals surface area contributed by atoms with Crippen LogP contribution in [0.15, 0.2) is 54.1 Å². The molecule has 0 aromatic heterocycles. The molecule has 0 saturated heterocycles. The largest absolute Gasteiger partial charge is 0.277 e. The van der Waals surface area contributed by atoms with Crippen molar-refractivity contribution in [3.05, 3.63) is 59.7 Å². The predicted molar refractivity (Wildman–Crippen MR) is 122 cm³/mol. The van der Waals surface area contributed by atoms with Gasteiger partial charge >= 0.3 is 0 Å². The molecule has 2 rings (SSSR count). The van der Waals surface area contributed by atoms with Gasteiger partial charge in [-0.1, -0.05) is 79.9 Å². The molecule has 1 unspecified atom stereocenters. The highest BCUT2D eigenvalue weighted by atomic mass is 32.1. The lowest BCUT2D eigenvalue weighted by molar-refractivity contribution is -0.132. The first-order valence-electron chi connectivity index (χ1n) is 8.86. The lowest BCUT2D eigenvalue weighted by Crippen LogP contribution is -2.47. The van der Waals surface area contributed by atoms with Crippen molar-refractivity contribution < 1.29 is 12.4 Å². The van der Waals surface area contributed by atoms with Gasteiger partial charge in [-0.05, 0) is 12.3 Å². The van der Waals surface area contributed by atoms with Gasteiger partial charge in [-0.15, -0.1) is 0 Å². The molecule has 0 radical (unpaired) electrons. The molecule has 1 aromatic carbocycles. The number of likely N-dealkylation sites (N-methyl/N-ethyl adjacent to an activating group) is 1. The first kappa shape index (κ1) is 21.7. The molecule has 2 N–H and O–H groups in total. The molecule has 8 heteroatoms. The van der Waals surface area contributed by atoms with Crippen LogP contribution in [-0.4, -0.2) is 45.9 Å². The van der Waals surface area contributed by atoms with Crippen LogP contribution in [0.2, 0.25) is 0 Å². The summed E-state index contributed by atoms with van der Waals surface area (Å²) in [6, 6.07) is 9.31. The zero-order valence-electron chi connectivity index (χ0n) is 16.1. The molecule has 0 aliphatic heterocycles. The normalized spacial score (nSPS) is 15.2. The smallest absolute Gasteiger partial charge is 0.248 e. The fraction of sp³-hybridized carbons (Fsp3) is 0.300. The number of hydrazine groups is 2. The standard InChI is InChI=1S/C20H24N4O2S2.2H2/c1-14-8-7-11-16(12-14)20(28)24(3)22-18(26)13-17(25)21-23(2)19(27)15-9-5-4-6-10-15;;/h4-7,9-12,14H,8,13H2,1-3H3,(H,21,25)(H,22,26);2*1H. The maximum atomic E-state index is 12.2. The fourth-order valence-electron chi connectivity index (χ4n) is 2.65. The van der Waals surface area contributed by atoms with Gasteiger partial charge in [0.2, 0.25) is 11.8 Å². The van der Waals surface area contributed by atoms with Crippen LogP contribution in [0.3, 0.4) is 0 Å². The van der Waals surface area contributed by atoms with Gasteiger partial charge in [0.25, 0.3) is 0 Å². The Balaban J connectivity index is 0.00000420. The molecule has 0 bridgehead atoms. The van der Waals surface area contributed by atoms with Crippen LogP contribution in [0.25, 0.3) is 0 Å². The summed E-state index contributed by atoms with van der Waals surface area (Å²) in [4.78, 5) is 25.3. The van der Waals surface area contributed by atoms with Gasteiger partial charge in [-0.25, -0.2) is 0 Å². The van der Waals surface area contributed by atoms with Gasteiger partial charge in [-0.3, -0.25) is 30.5 Å². The maximum Gasteiger partial charge on any atom is 0.248 e. The van der Waals surface area contributed by atoms with Gasteiger partial charge in [0.15, 0.2) is 0 Å². The van der Waals surface area contributed by atoms with E-state index in [0.717, 1.165) is 17.6 Å². The number of thiocarbonyl (C=S) groups is 2. The summed E-state index contributed by atoms with van der Waals surface area (Å²) in [6.45, 7) is 2.10. The summed E-state index contributed by atoms with van der Waals surface area (Å²) >= 11 is 10.7. The molecule has 1 aliphatic rings. The molecule has 0 fully saturated rings. The Labute approximate surface area is 179 Å². The monoisotopic (exact) mass is 420 g/mol. The Morgan fingerprint density at radius 1 is 1.07 bits per heavy atom. The van der Waals surface area contributed by atoms with Gasteiger partial charge in [-0.2, -0.15) is 0 Å². The van der Waals surface area contributed by atoms with Crippen molar-refractivity contribution in [3.8, 4) is 0 Å². The van der Waals surface area contributed by atoms with E-state index in [9.17, 15) is 9.59 Å². The molecule has 28 heavy (non-hydrogen) atoms. The zero-order valence-corrected chi connectivity index (χ0v) is 17.8. The lowest BCUT2D eigenvalue weighted by atomic mass is 9.98. The predicted octanol–water partition coefficient (Wildman–Crippen LogP) is 3.02. The van der Waals surface area contributed by atoms with Crippen molar-refractivity contribution in [2.24, 2.45) is 5.92 Å². The van der Waals surface area contributed by atoms with E-state index in [1.54, 1.807) is 14.1 Å². The molecule has 0 saturated carbocycles. The second-order valence-corrected chi connectivity index (χ2v) is 7.35. The first-order valence-corrected chi connectivity index (χ1v) is 9.68. The molecule has 1 aromatic rings. The van der Waals surface area contributed by atoms with E-state index in [2.05, 4.69) is 29.9 Å². The van der Waals surface area contributed by atoms with E-state index >= 15 is 0 Å². The third-order valence-electron chi connectivity index (χ3n) is 4.05. The number of amides is 2. The summed E-state index contributed by atoms with van der Waals surface area (Å²) in [6.07, 6.45) is 6.69. The number of carbonyl (C=O) groups excluding carboxylic acids is 2. The van der Waals surface area contributed by atoms with Crippen molar-refractivity contribution in [1.82, 2.24) is 20.9 Å². The Bertz CT molecular complexity index is 831. The lowest BCUT2D eigenvalue weighted by Gasteiger charge is -2.24. The molecule has 152 valence electrons. The van der Waals surface area contributed by atoms with Gasteiger partial charge in [0.1, 0.15) is 16.4 Å².